The van der Waals surface area contributed by atoms with Crippen molar-refractivity contribution < 1.29 is 4.79 Å². The largest absolute Gasteiger partial charge is 0.308 e. The van der Waals surface area contributed by atoms with Gasteiger partial charge in [-0.05, 0) is 0 Å². The lowest BCUT2D eigenvalue weighted by molar-refractivity contribution is 0.112. The maximum Gasteiger partial charge on any atom is 0.308 e. The SMILES string of the molecule is Cn1c(Cl)c(C=O)sc1=O. The standard InChI is InChI=1S/C5H4ClNO2S/c1-7-4(6)3(2-8)10-5(7)9/h2H,1H3. The Hall–Kier alpha value is -0.610. The number of thiazole rings is 1. The van der Waals surface area contributed by atoms with Gasteiger partial charge in [0.05, 0.1) is 0 Å². The van der Waals surface area contributed by atoms with Crippen LogP contribution in [0.15, 0.2) is 4.79 Å². The predicted octanol–water partition coefficient (Wildman–Crippen LogP) is 0.913. The van der Waals surface area contributed by atoms with E-state index in [1.54, 1.807) is 0 Å². The molecule has 0 saturated heterocycles. The molecule has 0 bridgehead atoms. The highest BCUT2D eigenvalue weighted by atomic mass is 35.5. The number of hydrogen-bond acceptors (Lipinski definition) is 3. The normalized spacial score (nSPS) is 9.80. The number of halogens is 1. The van der Waals surface area contributed by atoms with Gasteiger partial charge in [-0.25, -0.2) is 0 Å². The van der Waals surface area contributed by atoms with Crippen LogP contribution in [0, 0.1) is 0 Å². The van der Waals surface area contributed by atoms with Gasteiger partial charge in [0.1, 0.15) is 10.0 Å². The molecule has 1 aromatic rings. The molecule has 0 atom stereocenters. The lowest BCUT2D eigenvalue weighted by Gasteiger charge is -1.87. The van der Waals surface area contributed by atoms with Crippen molar-refractivity contribution in [3.8, 4) is 0 Å². The minimum absolute atomic E-state index is 0.213. The molecule has 0 spiro atoms. The molecular weight excluding hydrogens is 174 g/mol. The van der Waals surface area contributed by atoms with Gasteiger partial charge >= 0.3 is 4.87 Å². The molecule has 0 saturated carbocycles. The number of hydrogen-bond donors (Lipinski definition) is 0. The average Bonchev–Trinajstić information content (AvgIpc) is 2.17. The fourth-order valence-corrected chi connectivity index (χ4v) is 1.50. The molecule has 1 aromatic heterocycles. The van der Waals surface area contributed by atoms with Gasteiger partial charge in [-0.1, -0.05) is 22.9 Å². The molecule has 1 heterocycles. The van der Waals surface area contributed by atoms with E-state index in [0.29, 0.717) is 6.29 Å². The summed E-state index contributed by atoms with van der Waals surface area (Å²) in [6.45, 7) is 0. The van der Waals surface area contributed by atoms with Gasteiger partial charge < -0.3 is 0 Å². The summed E-state index contributed by atoms with van der Waals surface area (Å²) in [4.78, 5) is 21.0. The highest BCUT2D eigenvalue weighted by Crippen LogP contribution is 2.14. The molecule has 0 aromatic carbocycles. The van der Waals surface area contributed by atoms with Crippen molar-refractivity contribution in [2.24, 2.45) is 7.05 Å². The second-order valence-electron chi connectivity index (χ2n) is 1.70. The first-order valence-corrected chi connectivity index (χ1v) is 3.66. The molecule has 0 radical (unpaired) electrons. The Morgan fingerprint density at radius 1 is 1.70 bits per heavy atom. The van der Waals surface area contributed by atoms with Gasteiger partial charge in [-0.2, -0.15) is 0 Å². The van der Waals surface area contributed by atoms with Crippen LogP contribution in [0.1, 0.15) is 9.67 Å². The summed E-state index contributed by atoms with van der Waals surface area (Å²) in [6.07, 6.45) is 0.578. The van der Waals surface area contributed by atoms with Crippen LogP contribution in [0.25, 0.3) is 0 Å². The molecule has 0 aliphatic rings. The molecule has 0 aliphatic carbocycles. The van der Waals surface area contributed by atoms with Crippen LogP contribution in [-0.2, 0) is 7.05 Å². The molecule has 10 heavy (non-hydrogen) atoms. The molecule has 3 nitrogen and oxygen atoms in total. The van der Waals surface area contributed by atoms with Crippen molar-refractivity contribution in [2.45, 2.75) is 0 Å². The number of nitrogens with zero attached hydrogens (tertiary/aromatic N) is 1. The van der Waals surface area contributed by atoms with Crippen LogP contribution in [0.3, 0.4) is 0 Å². The summed E-state index contributed by atoms with van der Waals surface area (Å²) in [5.74, 6) is 0. The Labute approximate surface area is 65.9 Å². The Balaban J connectivity index is 3.45. The number of carbonyl (C=O) groups is 1. The Morgan fingerprint density at radius 3 is 2.50 bits per heavy atom. The van der Waals surface area contributed by atoms with Gasteiger partial charge in [-0.3, -0.25) is 14.2 Å². The maximum atomic E-state index is 10.8. The van der Waals surface area contributed by atoms with Crippen molar-refractivity contribution in [3.05, 3.63) is 19.7 Å². The summed E-state index contributed by atoms with van der Waals surface area (Å²) in [6, 6.07) is 0. The Bertz CT molecular complexity index is 314. The lowest BCUT2D eigenvalue weighted by Crippen LogP contribution is -2.06. The first kappa shape index (κ1) is 7.50. The van der Waals surface area contributed by atoms with E-state index in [1.807, 2.05) is 0 Å². The highest BCUT2D eigenvalue weighted by molar-refractivity contribution is 7.11. The van der Waals surface area contributed by atoms with E-state index in [1.165, 1.54) is 11.6 Å². The first-order chi connectivity index (χ1) is 4.66. The fraction of sp³-hybridized carbons (Fsp3) is 0.200. The fourth-order valence-electron chi connectivity index (χ4n) is 0.523. The van der Waals surface area contributed by atoms with Crippen molar-refractivity contribution in [1.29, 1.82) is 0 Å². The van der Waals surface area contributed by atoms with E-state index in [4.69, 9.17) is 11.6 Å². The monoisotopic (exact) mass is 177 g/mol. The molecule has 1 rings (SSSR count). The lowest BCUT2D eigenvalue weighted by atomic mass is 10.6. The van der Waals surface area contributed by atoms with E-state index < -0.39 is 0 Å². The van der Waals surface area contributed by atoms with Crippen LogP contribution in [0.4, 0.5) is 0 Å². The third-order valence-electron chi connectivity index (χ3n) is 1.08. The van der Waals surface area contributed by atoms with E-state index in [9.17, 15) is 9.59 Å². The zero-order chi connectivity index (χ0) is 7.72. The molecule has 0 unspecified atom stereocenters. The summed E-state index contributed by atoms with van der Waals surface area (Å²) in [5.41, 5.74) is 0. The van der Waals surface area contributed by atoms with Gasteiger partial charge in [0.15, 0.2) is 6.29 Å². The molecule has 0 fully saturated rings. The zero-order valence-electron chi connectivity index (χ0n) is 5.13. The number of carbonyl (C=O) groups excluding carboxylic acids is 1. The number of aldehydes is 1. The summed E-state index contributed by atoms with van der Waals surface area (Å²) >= 11 is 6.40. The smallest absolute Gasteiger partial charge is 0.297 e. The molecule has 5 heteroatoms. The van der Waals surface area contributed by atoms with E-state index in [2.05, 4.69) is 0 Å². The first-order valence-electron chi connectivity index (χ1n) is 2.47. The van der Waals surface area contributed by atoms with Crippen LogP contribution in [0.2, 0.25) is 5.15 Å². The second-order valence-corrected chi connectivity index (χ2v) is 3.05. The van der Waals surface area contributed by atoms with Crippen molar-refractivity contribution in [2.75, 3.05) is 0 Å². The summed E-state index contributed by atoms with van der Waals surface area (Å²) in [7, 11) is 1.52. The van der Waals surface area contributed by atoms with Gasteiger partial charge in [0, 0.05) is 7.05 Å². The minimum Gasteiger partial charge on any atom is -0.297 e. The number of aromatic nitrogens is 1. The second kappa shape index (κ2) is 2.56. The maximum absolute atomic E-state index is 10.8. The minimum atomic E-state index is -0.216. The molecule has 0 aliphatic heterocycles. The molecule has 0 amide bonds. The van der Waals surface area contributed by atoms with Crippen LogP contribution >= 0.6 is 22.9 Å². The quantitative estimate of drug-likeness (QED) is 0.599. The van der Waals surface area contributed by atoms with Gasteiger partial charge in [0.2, 0.25) is 0 Å². The zero-order valence-corrected chi connectivity index (χ0v) is 6.70. The van der Waals surface area contributed by atoms with Crippen molar-refractivity contribution in [3.63, 3.8) is 0 Å². The third kappa shape index (κ3) is 0.998. The van der Waals surface area contributed by atoms with Crippen molar-refractivity contribution in [1.82, 2.24) is 4.57 Å². The third-order valence-corrected chi connectivity index (χ3v) is 2.60. The topological polar surface area (TPSA) is 39.1 Å². The van der Waals surface area contributed by atoms with Gasteiger partial charge in [0.25, 0.3) is 0 Å². The highest BCUT2D eigenvalue weighted by Gasteiger charge is 2.07. The van der Waals surface area contributed by atoms with Crippen molar-refractivity contribution >= 4 is 29.2 Å². The van der Waals surface area contributed by atoms with E-state index in [-0.39, 0.29) is 14.9 Å². The Morgan fingerprint density at radius 2 is 2.30 bits per heavy atom. The summed E-state index contributed by atoms with van der Waals surface area (Å²) < 4.78 is 1.23. The van der Waals surface area contributed by atoms with Crippen LogP contribution in [0.5, 0.6) is 0 Å². The average molecular weight is 178 g/mol. The molecule has 0 N–H and O–H groups in total. The molecule has 54 valence electrons. The summed E-state index contributed by atoms with van der Waals surface area (Å²) in [5, 5.41) is 0.213. The van der Waals surface area contributed by atoms with E-state index in [0.717, 1.165) is 11.3 Å². The van der Waals surface area contributed by atoms with Gasteiger partial charge in [-0.15, -0.1) is 0 Å². The van der Waals surface area contributed by atoms with Crippen LogP contribution < -0.4 is 4.87 Å². The molecular formula is C5H4ClNO2S. The Kier molecular flexibility index (Phi) is 1.92. The van der Waals surface area contributed by atoms with E-state index >= 15 is 0 Å². The number of rotatable bonds is 1. The predicted molar refractivity (Wildman–Crippen MR) is 40.0 cm³/mol. The van der Waals surface area contributed by atoms with Crippen LogP contribution in [-0.4, -0.2) is 10.9 Å².